The van der Waals surface area contributed by atoms with E-state index in [9.17, 15) is 4.79 Å². The van der Waals surface area contributed by atoms with Gasteiger partial charge < -0.3 is 15.1 Å². The molecule has 0 bridgehead atoms. The molecule has 2 aliphatic heterocycles. The largest absolute Gasteiger partial charge is 0.322 e. The zero-order chi connectivity index (χ0) is 14.7. The highest BCUT2D eigenvalue weighted by molar-refractivity contribution is 6.30. The lowest BCUT2D eigenvalue weighted by Crippen LogP contribution is -2.44. The molecule has 2 amide bonds. The normalized spacial score (nSPS) is 22.7. The monoisotopic (exact) mass is 307 g/mol. The van der Waals surface area contributed by atoms with Crippen LogP contribution in [0.25, 0.3) is 0 Å². The number of hydrogen-bond donors (Lipinski definition) is 1. The van der Waals surface area contributed by atoms with Gasteiger partial charge in [-0.2, -0.15) is 0 Å². The van der Waals surface area contributed by atoms with E-state index >= 15 is 0 Å². The molecule has 2 fully saturated rings. The van der Waals surface area contributed by atoms with Crippen molar-refractivity contribution in [1.82, 2.24) is 9.80 Å². The Labute approximate surface area is 131 Å². The summed E-state index contributed by atoms with van der Waals surface area (Å²) in [6.07, 6.45) is 4.81. The number of anilines is 1. The highest BCUT2D eigenvalue weighted by Crippen LogP contribution is 2.22. The number of hydrogen-bond acceptors (Lipinski definition) is 2. The van der Waals surface area contributed by atoms with Crippen molar-refractivity contribution in [3.8, 4) is 0 Å². The van der Waals surface area contributed by atoms with E-state index in [-0.39, 0.29) is 6.03 Å². The minimum absolute atomic E-state index is 0.0130. The zero-order valence-corrected chi connectivity index (χ0v) is 13.0. The smallest absolute Gasteiger partial charge is 0.320 e. The van der Waals surface area contributed by atoms with Crippen LogP contribution >= 0.6 is 11.6 Å². The number of nitrogens with one attached hydrogen (secondary N) is 1. The predicted molar refractivity (Wildman–Crippen MR) is 85.9 cm³/mol. The van der Waals surface area contributed by atoms with E-state index in [2.05, 4.69) is 10.2 Å². The van der Waals surface area contributed by atoms with Gasteiger partial charge in [-0.1, -0.05) is 11.6 Å². The van der Waals surface area contributed by atoms with Gasteiger partial charge in [0.25, 0.3) is 0 Å². The molecule has 21 heavy (non-hydrogen) atoms. The number of halogens is 1. The maximum Gasteiger partial charge on any atom is 0.322 e. The molecule has 5 heteroatoms. The summed E-state index contributed by atoms with van der Waals surface area (Å²) < 4.78 is 0. The van der Waals surface area contributed by atoms with E-state index in [0.717, 1.165) is 31.6 Å². The molecule has 1 N–H and O–H groups in total. The Balaban J connectivity index is 1.58. The van der Waals surface area contributed by atoms with E-state index in [4.69, 9.17) is 11.6 Å². The summed E-state index contributed by atoms with van der Waals surface area (Å²) >= 11 is 5.86. The van der Waals surface area contributed by atoms with Gasteiger partial charge in [0, 0.05) is 29.8 Å². The summed E-state index contributed by atoms with van der Waals surface area (Å²) in [6, 6.07) is 7.64. The van der Waals surface area contributed by atoms with Crippen LogP contribution in [0.5, 0.6) is 0 Å². The van der Waals surface area contributed by atoms with Crippen molar-refractivity contribution >= 4 is 23.3 Å². The maximum absolute atomic E-state index is 12.4. The average molecular weight is 308 g/mol. The van der Waals surface area contributed by atoms with Crippen LogP contribution in [0.15, 0.2) is 24.3 Å². The van der Waals surface area contributed by atoms with E-state index in [1.165, 1.54) is 25.9 Å². The Morgan fingerprint density at radius 3 is 2.57 bits per heavy atom. The minimum Gasteiger partial charge on any atom is -0.320 e. The van der Waals surface area contributed by atoms with Gasteiger partial charge >= 0.3 is 6.03 Å². The lowest BCUT2D eigenvalue weighted by Gasteiger charge is -2.28. The van der Waals surface area contributed by atoms with Gasteiger partial charge in [-0.05, 0) is 63.0 Å². The molecule has 0 radical (unpaired) electrons. The SMILES string of the molecule is O=C(Nc1ccc(Cl)cc1)N1CCC[C@H]1CN1CCCC1. The molecule has 1 aromatic carbocycles. The van der Waals surface area contributed by atoms with Crippen LogP contribution in [0.4, 0.5) is 10.5 Å². The van der Waals surface area contributed by atoms with Crippen molar-refractivity contribution in [2.45, 2.75) is 31.7 Å². The first-order chi connectivity index (χ1) is 10.2. The molecule has 0 aliphatic carbocycles. The minimum atomic E-state index is 0.0130. The fourth-order valence-electron chi connectivity index (χ4n) is 3.28. The Morgan fingerprint density at radius 2 is 1.86 bits per heavy atom. The van der Waals surface area contributed by atoms with Crippen LogP contribution in [0, 0.1) is 0 Å². The lowest BCUT2D eigenvalue weighted by molar-refractivity contribution is 0.186. The number of rotatable bonds is 3. The molecular weight excluding hydrogens is 286 g/mol. The molecule has 114 valence electrons. The average Bonchev–Trinajstić information content (AvgIpc) is 3.13. The van der Waals surface area contributed by atoms with E-state index in [1.54, 1.807) is 12.1 Å². The third-order valence-electron chi connectivity index (χ3n) is 4.40. The number of benzene rings is 1. The van der Waals surface area contributed by atoms with Crippen LogP contribution in [-0.2, 0) is 0 Å². The molecule has 0 saturated carbocycles. The van der Waals surface area contributed by atoms with Crippen molar-refractivity contribution in [3.05, 3.63) is 29.3 Å². The van der Waals surface area contributed by atoms with E-state index in [0.29, 0.717) is 11.1 Å². The molecule has 2 aliphatic rings. The van der Waals surface area contributed by atoms with Gasteiger partial charge in [-0.15, -0.1) is 0 Å². The van der Waals surface area contributed by atoms with Gasteiger partial charge in [-0.3, -0.25) is 0 Å². The van der Waals surface area contributed by atoms with Crippen LogP contribution < -0.4 is 5.32 Å². The van der Waals surface area contributed by atoms with E-state index in [1.807, 2.05) is 17.0 Å². The van der Waals surface area contributed by atoms with E-state index < -0.39 is 0 Å². The standard InChI is InChI=1S/C16H22ClN3O/c17-13-5-7-14(8-6-13)18-16(21)20-11-3-4-15(20)12-19-9-1-2-10-19/h5-8,15H,1-4,9-12H2,(H,18,21)/t15-/m0/s1. The number of amides is 2. The first-order valence-corrected chi connectivity index (χ1v) is 8.16. The Hall–Kier alpha value is -1.26. The Bertz CT molecular complexity index is 485. The summed E-state index contributed by atoms with van der Waals surface area (Å²) in [6.45, 7) is 4.25. The number of urea groups is 1. The zero-order valence-electron chi connectivity index (χ0n) is 12.2. The van der Waals surface area contributed by atoms with Crippen molar-refractivity contribution in [3.63, 3.8) is 0 Å². The quantitative estimate of drug-likeness (QED) is 0.928. The lowest BCUT2D eigenvalue weighted by atomic mass is 10.2. The van der Waals surface area contributed by atoms with Crippen molar-refractivity contribution in [2.24, 2.45) is 0 Å². The predicted octanol–water partition coefficient (Wildman–Crippen LogP) is 3.43. The summed E-state index contributed by atoms with van der Waals surface area (Å²) in [5.41, 5.74) is 0.802. The fraction of sp³-hybridized carbons (Fsp3) is 0.562. The molecule has 2 saturated heterocycles. The van der Waals surface area contributed by atoms with Gasteiger partial charge in [0.15, 0.2) is 0 Å². The molecular formula is C16H22ClN3O. The molecule has 0 aromatic heterocycles. The number of likely N-dealkylation sites (tertiary alicyclic amines) is 2. The van der Waals surface area contributed by atoms with Gasteiger partial charge in [0.05, 0.1) is 0 Å². The van der Waals surface area contributed by atoms with Crippen LogP contribution in [0.1, 0.15) is 25.7 Å². The Morgan fingerprint density at radius 1 is 1.14 bits per heavy atom. The second-order valence-corrected chi connectivity index (χ2v) is 6.37. The topological polar surface area (TPSA) is 35.6 Å². The molecule has 4 nitrogen and oxygen atoms in total. The van der Waals surface area contributed by atoms with Crippen LogP contribution in [-0.4, -0.2) is 48.1 Å². The molecule has 1 atom stereocenters. The van der Waals surface area contributed by atoms with Crippen molar-refractivity contribution in [2.75, 3.05) is 31.5 Å². The van der Waals surface area contributed by atoms with Crippen LogP contribution in [0.2, 0.25) is 5.02 Å². The van der Waals surface area contributed by atoms with Crippen LogP contribution in [0.3, 0.4) is 0 Å². The summed E-state index contributed by atoms with van der Waals surface area (Å²) in [5.74, 6) is 0. The third kappa shape index (κ3) is 3.69. The molecule has 1 aromatic rings. The molecule has 2 heterocycles. The first-order valence-electron chi connectivity index (χ1n) is 7.78. The molecule has 0 spiro atoms. The second kappa shape index (κ2) is 6.67. The maximum atomic E-state index is 12.4. The number of nitrogens with zero attached hydrogens (tertiary/aromatic N) is 2. The summed E-state index contributed by atoms with van der Waals surface area (Å²) in [7, 11) is 0. The van der Waals surface area contributed by atoms with Gasteiger partial charge in [0.2, 0.25) is 0 Å². The number of carbonyl (C=O) groups is 1. The molecule has 3 rings (SSSR count). The first kappa shape index (κ1) is 14.7. The number of carbonyl (C=O) groups excluding carboxylic acids is 1. The van der Waals surface area contributed by atoms with Gasteiger partial charge in [-0.25, -0.2) is 4.79 Å². The second-order valence-electron chi connectivity index (χ2n) is 5.93. The third-order valence-corrected chi connectivity index (χ3v) is 4.65. The summed E-state index contributed by atoms with van der Waals surface area (Å²) in [5, 5.41) is 3.66. The van der Waals surface area contributed by atoms with Gasteiger partial charge in [0.1, 0.15) is 0 Å². The molecule has 0 unspecified atom stereocenters. The highest BCUT2D eigenvalue weighted by atomic mass is 35.5. The van der Waals surface area contributed by atoms with Crippen molar-refractivity contribution < 1.29 is 4.79 Å². The Kier molecular flexibility index (Phi) is 4.66. The highest BCUT2D eigenvalue weighted by Gasteiger charge is 2.30. The fourth-order valence-corrected chi connectivity index (χ4v) is 3.41. The van der Waals surface area contributed by atoms with Crippen molar-refractivity contribution in [1.29, 1.82) is 0 Å². The summed E-state index contributed by atoms with van der Waals surface area (Å²) in [4.78, 5) is 16.9.